The van der Waals surface area contributed by atoms with Crippen LogP contribution < -0.4 is 4.74 Å². The zero-order valence-corrected chi connectivity index (χ0v) is 26.3. The number of H-pyrrole nitrogens is 2. The van der Waals surface area contributed by atoms with Crippen LogP contribution in [0.15, 0.2) is 54.1 Å². The third kappa shape index (κ3) is 5.99. The number of ether oxygens (including phenoxy) is 1. The molecule has 44 heavy (non-hydrogen) atoms. The van der Waals surface area contributed by atoms with Crippen molar-refractivity contribution in [2.45, 2.75) is 85.5 Å². The molecule has 0 spiro atoms. The fourth-order valence-electron chi connectivity index (χ4n) is 6.23. The predicted molar refractivity (Wildman–Crippen MR) is 182 cm³/mol. The Morgan fingerprint density at radius 2 is 1.39 bits per heavy atom. The van der Waals surface area contributed by atoms with Gasteiger partial charge in [-0.2, -0.15) is 0 Å². The van der Waals surface area contributed by atoms with Crippen molar-refractivity contribution >= 4 is 51.3 Å². The Bertz CT molecular complexity index is 1880. The number of nitrogens with zero attached hydrogens (tertiary/aromatic N) is 2. The summed E-state index contributed by atoms with van der Waals surface area (Å²) < 4.78 is 6.24. The molecule has 6 rings (SSSR count). The molecule has 3 aromatic heterocycles. The van der Waals surface area contributed by atoms with Crippen LogP contribution in [0.1, 0.15) is 107 Å². The first-order chi connectivity index (χ1) is 21.5. The molecule has 0 atom stereocenters. The van der Waals surface area contributed by atoms with Gasteiger partial charge in [-0.1, -0.05) is 71.6 Å². The van der Waals surface area contributed by atoms with Crippen molar-refractivity contribution in [3.05, 3.63) is 88.0 Å². The second-order valence-electron chi connectivity index (χ2n) is 11.9. The third-order valence-electron chi connectivity index (χ3n) is 8.38. The van der Waals surface area contributed by atoms with Gasteiger partial charge in [0.1, 0.15) is 5.69 Å². The van der Waals surface area contributed by atoms with E-state index in [0.29, 0.717) is 17.7 Å². The Hall–Kier alpha value is -4.45. The minimum absolute atomic E-state index is 0.337. The van der Waals surface area contributed by atoms with Gasteiger partial charge >= 0.3 is 5.97 Å². The molecule has 3 aliphatic rings. The van der Waals surface area contributed by atoms with E-state index in [9.17, 15) is 4.79 Å². The monoisotopic (exact) mass is 586 g/mol. The maximum atomic E-state index is 13.4. The van der Waals surface area contributed by atoms with Gasteiger partial charge in [0.2, 0.25) is 0 Å². The van der Waals surface area contributed by atoms with Crippen LogP contribution in [0.25, 0.3) is 45.4 Å². The summed E-state index contributed by atoms with van der Waals surface area (Å²) in [6.07, 6.45) is 18.3. The maximum absolute atomic E-state index is 13.4. The molecule has 3 aromatic rings. The summed E-state index contributed by atoms with van der Waals surface area (Å²) in [5, 5.41) is 0. The molecule has 0 aromatic carbocycles. The Labute approximate surface area is 259 Å². The number of fused-ring (bicyclic) bond motifs is 10. The molecule has 6 heteroatoms. The zero-order chi connectivity index (χ0) is 30.6. The molecule has 0 radical (unpaired) electrons. The fourth-order valence-corrected chi connectivity index (χ4v) is 6.23. The van der Waals surface area contributed by atoms with E-state index >= 15 is 0 Å². The number of aryl methyl sites for hydroxylation is 2. The minimum atomic E-state index is -0.337. The standard InChI is InChI=1S/C38H42N4O2/c1-5-11-25-19-32-33-21-27(13-7-3)31(41-33)23-36(44-38(43)24-15-9-10-16-24)37-28(14-8-4)22-35(42-37)34-20-26(12-6-2)30(40-34)18-17-29(25)39-32/h9-10,15,17-23,40-41H,5-8,11-14,16H2,1-4H3. The second-order valence-corrected chi connectivity index (χ2v) is 11.9. The molecule has 0 amide bonds. The third-order valence-corrected chi connectivity index (χ3v) is 8.38. The van der Waals surface area contributed by atoms with Crippen molar-refractivity contribution in [1.82, 2.24) is 19.9 Å². The van der Waals surface area contributed by atoms with Gasteiger partial charge in [-0.05, 0) is 90.8 Å². The summed E-state index contributed by atoms with van der Waals surface area (Å²) >= 11 is 0. The molecular weight excluding hydrogens is 544 g/mol. The first-order valence-electron chi connectivity index (χ1n) is 16.3. The number of hydrogen-bond acceptors (Lipinski definition) is 4. The van der Waals surface area contributed by atoms with Gasteiger partial charge in [-0.25, -0.2) is 14.8 Å². The molecule has 0 unspecified atom stereocenters. The van der Waals surface area contributed by atoms with Gasteiger partial charge < -0.3 is 14.7 Å². The SMILES string of the molecule is CCCC1=Cc2nc1ccc1[nH]c(cc1CCC)c1nc(c(OC(=O)C3=CC=CC3)cc3[nH]c2cc3CCC)C(CCC)=C1. The first-order valence-corrected chi connectivity index (χ1v) is 16.3. The summed E-state index contributed by atoms with van der Waals surface area (Å²) in [5.41, 5.74) is 12.8. The van der Waals surface area contributed by atoms with Crippen molar-refractivity contribution in [1.29, 1.82) is 0 Å². The van der Waals surface area contributed by atoms with Crippen molar-refractivity contribution in [2.75, 3.05) is 0 Å². The van der Waals surface area contributed by atoms with Crippen molar-refractivity contribution < 1.29 is 9.53 Å². The highest BCUT2D eigenvalue weighted by Gasteiger charge is 2.22. The fraction of sp³-hybridized carbons (Fsp3) is 0.342. The van der Waals surface area contributed by atoms with Crippen LogP contribution in [-0.2, 0) is 17.6 Å². The number of aromatic nitrogens is 4. The number of carbonyl (C=O) groups is 1. The van der Waals surface area contributed by atoms with Gasteiger partial charge in [0.25, 0.3) is 0 Å². The highest BCUT2D eigenvalue weighted by molar-refractivity contribution is 5.95. The lowest BCUT2D eigenvalue weighted by Crippen LogP contribution is -2.11. The molecule has 8 bridgehead atoms. The summed E-state index contributed by atoms with van der Waals surface area (Å²) in [6.45, 7) is 8.76. The normalized spacial score (nSPS) is 14.0. The van der Waals surface area contributed by atoms with E-state index in [0.717, 1.165) is 102 Å². The smallest absolute Gasteiger partial charge is 0.339 e. The number of rotatable bonds is 10. The van der Waals surface area contributed by atoms with E-state index in [-0.39, 0.29) is 5.97 Å². The number of allylic oxidation sites excluding steroid dienone is 5. The van der Waals surface area contributed by atoms with Gasteiger partial charge in [0, 0.05) is 22.7 Å². The summed E-state index contributed by atoms with van der Waals surface area (Å²) in [6, 6.07) is 10.7. The van der Waals surface area contributed by atoms with E-state index in [1.807, 2.05) is 24.3 Å². The first kappa shape index (κ1) is 29.6. The largest absolute Gasteiger partial charge is 0.421 e. The Morgan fingerprint density at radius 1 is 0.750 bits per heavy atom. The van der Waals surface area contributed by atoms with Gasteiger partial charge in [0.15, 0.2) is 5.75 Å². The topological polar surface area (TPSA) is 83.7 Å². The molecule has 0 saturated heterocycles. The molecule has 1 aliphatic carbocycles. The van der Waals surface area contributed by atoms with Crippen LogP contribution >= 0.6 is 0 Å². The van der Waals surface area contributed by atoms with E-state index in [4.69, 9.17) is 14.7 Å². The highest BCUT2D eigenvalue weighted by atomic mass is 16.5. The lowest BCUT2D eigenvalue weighted by atomic mass is 10.1. The average molecular weight is 587 g/mol. The maximum Gasteiger partial charge on any atom is 0.339 e. The molecule has 226 valence electrons. The van der Waals surface area contributed by atoms with Crippen LogP contribution in [0.5, 0.6) is 5.75 Å². The quantitative estimate of drug-likeness (QED) is 0.232. The molecule has 0 saturated carbocycles. The van der Waals surface area contributed by atoms with Gasteiger partial charge in [-0.3, -0.25) is 0 Å². The minimum Gasteiger partial charge on any atom is -0.421 e. The number of aromatic amines is 2. The average Bonchev–Trinajstić information content (AvgIpc) is 3.83. The summed E-state index contributed by atoms with van der Waals surface area (Å²) in [4.78, 5) is 31.0. The van der Waals surface area contributed by atoms with Gasteiger partial charge in [-0.15, -0.1) is 0 Å². The van der Waals surface area contributed by atoms with E-state index in [2.05, 4.69) is 74.1 Å². The van der Waals surface area contributed by atoms with Crippen molar-refractivity contribution in [3.63, 3.8) is 0 Å². The van der Waals surface area contributed by atoms with Crippen LogP contribution in [0.2, 0.25) is 0 Å². The van der Waals surface area contributed by atoms with Crippen LogP contribution in [0, 0.1) is 0 Å². The summed E-state index contributed by atoms with van der Waals surface area (Å²) in [5.74, 6) is 0.134. The Balaban J connectivity index is 1.69. The Morgan fingerprint density at radius 3 is 2.07 bits per heavy atom. The molecule has 2 aliphatic heterocycles. The van der Waals surface area contributed by atoms with E-state index < -0.39 is 0 Å². The lowest BCUT2D eigenvalue weighted by molar-refractivity contribution is -0.130. The zero-order valence-electron chi connectivity index (χ0n) is 26.3. The van der Waals surface area contributed by atoms with Gasteiger partial charge in [0.05, 0.1) is 28.1 Å². The number of nitrogens with one attached hydrogen (secondary N) is 2. The highest BCUT2D eigenvalue weighted by Crippen LogP contribution is 2.36. The number of carbonyl (C=O) groups excluding carboxylic acids is 1. The Kier molecular flexibility index (Phi) is 8.78. The molecule has 2 N–H and O–H groups in total. The number of hydrogen-bond donors (Lipinski definition) is 2. The molecule has 0 fully saturated rings. The second kappa shape index (κ2) is 13.0. The van der Waals surface area contributed by atoms with Crippen molar-refractivity contribution in [3.8, 4) is 5.75 Å². The summed E-state index contributed by atoms with van der Waals surface area (Å²) in [7, 11) is 0. The molecule has 5 heterocycles. The number of esters is 1. The van der Waals surface area contributed by atoms with E-state index in [1.54, 1.807) is 0 Å². The van der Waals surface area contributed by atoms with Crippen LogP contribution in [0.4, 0.5) is 0 Å². The van der Waals surface area contributed by atoms with Crippen molar-refractivity contribution in [2.24, 2.45) is 0 Å². The van der Waals surface area contributed by atoms with E-state index in [1.165, 1.54) is 16.7 Å². The molecule has 6 nitrogen and oxygen atoms in total. The van der Waals surface area contributed by atoms with Crippen LogP contribution in [0.3, 0.4) is 0 Å². The van der Waals surface area contributed by atoms with Crippen LogP contribution in [-0.4, -0.2) is 25.9 Å². The molecular formula is C38H42N4O2. The predicted octanol–water partition coefficient (Wildman–Crippen LogP) is 9.69. The lowest BCUT2D eigenvalue weighted by Gasteiger charge is -2.09.